The van der Waals surface area contributed by atoms with Crippen LogP contribution in [0.1, 0.15) is 62.4 Å². The van der Waals surface area contributed by atoms with Gasteiger partial charge in [0.2, 0.25) is 11.6 Å². The van der Waals surface area contributed by atoms with Gasteiger partial charge in [-0.15, -0.1) is 11.3 Å². The molecule has 0 amide bonds. The van der Waals surface area contributed by atoms with E-state index in [1.165, 1.54) is 23.6 Å². The average molecular weight is 315 g/mol. The highest BCUT2D eigenvalue weighted by Crippen LogP contribution is 2.32. The van der Waals surface area contributed by atoms with Gasteiger partial charge in [0.25, 0.3) is 0 Å². The fraction of sp³-hybridized carbons (Fsp3) is 0.250. The van der Waals surface area contributed by atoms with Crippen LogP contribution in [0.2, 0.25) is 0 Å². The number of ketones is 2. The van der Waals surface area contributed by atoms with Gasteiger partial charge in [-0.3, -0.25) is 14.6 Å². The molecule has 0 bridgehead atoms. The summed E-state index contributed by atoms with van der Waals surface area (Å²) in [4.78, 5) is 41.7. The van der Waals surface area contributed by atoms with Crippen molar-refractivity contribution in [2.45, 2.75) is 26.4 Å². The second kappa shape index (κ2) is 4.84. The van der Waals surface area contributed by atoms with Crippen LogP contribution in [-0.2, 0) is 4.74 Å². The summed E-state index contributed by atoms with van der Waals surface area (Å²) in [5.41, 5.74) is -0.215. The van der Waals surface area contributed by atoms with E-state index in [0.717, 1.165) is 0 Å². The fourth-order valence-electron chi connectivity index (χ4n) is 2.27. The minimum Gasteiger partial charge on any atom is -0.456 e. The van der Waals surface area contributed by atoms with Gasteiger partial charge in [0.05, 0.1) is 16.0 Å². The Bertz CT molecular complexity index is 814. The molecule has 6 heteroatoms. The second-order valence-electron chi connectivity index (χ2n) is 5.91. The monoisotopic (exact) mass is 315 g/mol. The second-order valence-corrected chi connectivity index (χ2v) is 6.82. The Morgan fingerprint density at radius 1 is 1.18 bits per heavy atom. The Balaban J connectivity index is 2.15. The Hall–Kier alpha value is -2.34. The van der Waals surface area contributed by atoms with E-state index in [2.05, 4.69) is 4.98 Å². The molecule has 0 radical (unpaired) electrons. The molecule has 5 nitrogen and oxygen atoms in total. The first-order valence-electron chi connectivity index (χ1n) is 6.69. The largest absolute Gasteiger partial charge is 0.456 e. The molecule has 0 saturated heterocycles. The maximum atomic E-state index is 12.6. The number of ether oxygens (including phenoxy) is 1. The third-order valence-electron chi connectivity index (χ3n) is 3.13. The number of nitrogens with zero attached hydrogens (tertiary/aromatic N) is 1. The molecule has 0 spiro atoms. The number of carbonyl (C=O) groups is 3. The summed E-state index contributed by atoms with van der Waals surface area (Å²) in [5.74, 6) is -1.32. The van der Waals surface area contributed by atoms with Gasteiger partial charge in [0.15, 0.2) is 0 Å². The van der Waals surface area contributed by atoms with E-state index >= 15 is 0 Å². The smallest absolute Gasteiger partial charge is 0.339 e. The van der Waals surface area contributed by atoms with Crippen molar-refractivity contribution in [1.29, 1.82) is 0 Å². The van der Waals surface area contributed by atoms with Crippen molar-refractivity contribution in [2.24, 2.45) is 0 Å². The molecular formula is C16H13NO4S. The summed E-state index contributed by atoms with van der Waals surface area (Å²) in [6.45, 7) is 5.22. The molecule has 2 heterocycles. The highest BCUT2D eigenvalue weighted by atomic mass is 32.1. The van der Waals surface area contributed by atoms with Crippen LogP contribution < -0.4 is 0 Å². The van der Waals surface area contributed by atoms with Gasteiger partial charge in [0, 0.05) is 11.8 Å². The van der Waals surface area contributed by atoms with E-state index in [4.69, 9.17) is 4.74 Å². The zero-order valence-corrected chi connectivity index (χ0v) is 13.1. The van der Waals surface area contributed by atoms with Gasteiger partial charge < -0.3 is 4.74 Å². The van der Waals surface area contributed by atoms with Gasteiger partial charge in [-0.25, -0.2) is 4.79 Å². The number of hydrogen-bond acceptors (Lipinski definition) is 6. The average Bonchev–Trinajstić information content (AvgIpc) is 2.92. The minimum atomic E-state index is -0.691. The molecule has 0 aromatic carbocycles. The lowest BCUT2D eigenvalue weighted by molar-refractivity contribution is 0.00677. The van der Waals surface area contributed by atoms with Gasteiger partial charge in [-0.1, -0.05) is 0 Å². The van der Waals surface area contributed by atoms with Gasteiger partial charge in [0.1, 0.15) is 11.3 Å². The van der Waals surface area contributed by atoms with E-state index < -0.39 is 11.6 Å². The Morgan fingerprint density at radius 2 is 1.91 bits per heavy atom. The predicted molar refractivity (Wildman–Crippen MR) is 80.6 cm³/mol. The SMILES string of the molecule is CC(C)(C)OC(=O)c1ccnc2c1C(=O)c1sccc1C2=O. The van der Waals surface area contributed by atoms with Crippen LogP contribution in [0.4, 0.5) is 0 Å². The first kappa shape index (κ1) is 14.6. The van der Waals surface area contributed by atoms with Crippen LogP contribution in [0.15, 0.2) is 23.7 Å². The molecule has 0 aliphatic heterocycles. The maximum Gasteiger partial charge on any atom is 0.339 e. The summed E-state index contributed by atoms with van der Waals surface area (Å²) < 4.78 is 5.32. The van der Waals surface area contributed by atoms with Crippen molar-refractivity contribution in [2.75, 3.05) is 0 Å². The molecule has 3 rings (SSSR count). The molecule has 0 saturated carbocycles. The summed E-state index contributed by atoms with van der Waals surface area (Å²) >= 11 is 1.18. The summed E-state index contributed by atoms with van der Waals surface area (Å²) in [6, 6.07) is 3.02. The van der Waals surface area contributed by atoms with Crippen LogP contribution in [0.5, 0.6) is 0 Å². The molecule has 1 aliphatic rings. The maximum absolute atomic E-state index is 12.6. The molecule has 0 N–H and O–H groups in total. The van der Waals surface area contributed by atoms with Crippen LogP contribution in [-0.4, -0.2) is 28.1 Å². The molecule has 2 aromatic heterocycles. The van der Waals surface area contributed by atoms with E-state index in [-0.39, 0.29) is 28.4 Å². The summed E-state index contributed by atoms with van der Waals surface area (Å²) in [7, 11) is 0. The summed E-state index contributed by atoms with van der Waals surface area (Å²) in [5, 5.41) is 1.68. The van der Waals surface area contributed by atoms with Gasteiger partial charge >= 0.3 is 5.97 Å². The molecule has 22 heavy (non-hydrogen) atoms. The molecule has 1 aliphatic carbocycles. The van der Waals surface area contributed by atoms with E-state index in [1.54, 1.807) is 32.2 Å². The molecule has 112 valence electrons. The van der Waals surface area contributed by atoms with Gasteiger partial charge in [-0.05, 0) is 38.3 Å². The number of rotatable bonds is 1. The standard InChI is InChI=1S/C16H13NO4S/c1-16(2,3)21-15(20)8-4-6-17-11-10(8)13(19)14-9(12(11)18)5-7-22-14/h4-7H,1-3H3. The Morgan fingerprint density at radius 3 is 2.59 bits per heavy atom. The van der Waals surface area contributed by atoms with Crippen molar-refractivity contribution in [3.8, 4) is 0 Å². The quantitative estimate of drug-likeness (QED) is 0.646. The zero-order chi connectivity index (χ0) is 16.1. The lowest BCUT2D eigenvalue weighted by Gasteiger charge is -2.21. The number of fused-ring (bicyclic) bond motifs is 2. The number of thiophene rings is 1. The zero-order valence-electron chi connectivity index (χ0n) is 12.3. The lowest BCUT2D eigenvalue weighted by Crippen LogP contribution is -2.28. The number of hydrogen-bond donors (Lipinski definition) is 0. The number of esters is 1. The van der Waals surface area contributed by atoms with Crippen molar-refractivity contribution in [3.05, 3.63) is 51.0 Å². The van der Waals surface area contributed by atoms with Crippen molar-refractivity contribution in [3.63, 3.8) is 0 Å². The predicted octanol–water partition coefficient (Wildman–Crippen LogP) is 2.87. The molecule has 0 fully saturated rings. The van der Waals surface area contributed by atoms with Crippen molar-refractivity contribution < 1.29 is 19.1 Å². The van der Waals surface area contributed by atoms with Crippen LogP contribution in [0, 0.1) is 0 Å². The Kier molecular flexibility index (Phi) is 3.21. The van der Waals surface area contributed by atoms with Crippen molar-refractivity contribution >= 4 is 28.9 Å². The Labute approximate surface area is 130 Å². The number of carbonyl (C=O) groups excluding carboxylic acids is 3. The normalized spacial score (nSPS) is 13.6. The van der Waals surface area contributed by atoms with Crippen LogP contribution >= 0.6 is 11.3 Å². The third kappa shape index (κ3) is 2.25. The first-order valence-corrected chi connectivity index (χ1v) is 7.57. The molecule has 0 unspecified atom stereocenters. The first-order chi connectivity index (χ1) is 10.3. The summed E-state index contributed by atoms with van der Waals surface area (Å²) in [6.07, 6.45) is 1.35. The lowest BCUT2D eigenvalue weighted by atomic mass is 9.90. The van der Waals surface area contributed by atoms with Crippen LogP contribution in [0.25, 0.3) is 0 Å². The van der Waals surface area contributed by atoms with Gasteiger partial charge in [-0.2, -0.15) is 0 Å². The van der Waals surface area contributed by atoms with E-state index in [0.29, 0.717) is 10.4 Å². The molecule has 0 atom stereocenters. The number of pyridine rings is 1. The van der Waals surface area contributed by atoms with Crippen molar-refractivity contribution in [1.82, 2.24) is 4.98 Å². The highest BCUT2D eigenvalue weighted by molar-refractivity contribution is 7.12. The topological polar surface area (TPSA) is 73.3 Å². The third-order valence-corrected chi connectivity index (χ3v) is 4.04. The molecule has 2 aromatic rings. The fourth-order valence-corrected chi connectivity index (χ4v) is 3.11. The molecular weight excluding hydrogens is 302 g/mol. The highest BCUT2D eigenvalue weighted by Gasteiger charge is 2.36. The number of aromatic nitrogens is 1. The van der Waals surface area contributed by atoms with E-state index in [1.807, 2.05) is 0 Å². The minimum absolute atomic E-state index is 0.0132. The van der Waals surface area contributed by atoms with Crippen LogP contribution in [0.3, 0.4) is 0 Å². The van der Waals surface area contributed by atoms with E-state index in [9.17, 15) is 14.4 Å².